The van der Waals surface area contributed by atoms with E-state index in [4.69, 9.17) is 0 Å². The number of nitrogens with zero attached hydrogens (tertiary/aromatic N) is 4. The van der Waals surface area contributed by atoms with Gasteiger partial charge in [0.25, 0.3) is 0 Å². The van der Waals surface area contributed by atoms with Crippen LogP contribution in [-0.4, -0.2) is 54.1 Å². The second-order valence-electron chi connectivity index (χ2n) is 7.12. The number of rotatable bonds is 7. The molecule has 1 N–H and O–H groups in total. The number of anilines is 2. The number of nitrogens with one attached hydrogen (secondary N) is 1. The van der Waals surface area contributed by atoms with E-state index >= 15 is 0 Å². The summed E-state index contributed by atoms with van der Waals surface area (Å²) in [5.74, 6) is 2.34. The topological polar surface area (TPSA) is 44.3 Å². The maximum atomic E-state index is 4.67. The largest absolute Gasteiger partial charge is 0.370 e. The molecule has 0 amide bonds. The summed E-state index contributed by atoms with van der Waals surface area (Å²) in [6.07, 6.45) is 6.29. The van der Waals surface area contributed by atoms with Crippen molar-refractivity contribution in [2.75, 3.05) is 49.5 Å². The number of hydrogen-bond acceptors (Lipinski definition) is 5. The van der Waals surface area contributed by atoms with Gasteiger partial charge in [-0.25, -0.2) is 4.98 Å². The van der Waals surface area contributed by atoms with Crippen LogP contribution in [0.2, 0.25) is 0 Å². The lowest BCUT2D eigenvalue weighted by atomic mass is 10.2. The van der Waals surface area contributed by atoms with Crippen LogP contribution in [-0.2, 0) is 0 Å². The highest BCUT2D eigenvalue weighted by Crippen LogP contribution is 2.14. The standard InChI is InChI=1S/C21H29N5/c1-18(2)17-23-20-10-11-22-21(24-20)26-15-13-25(14-16-26)12-6-9-19-7-4-3-5-8-19/h3-11,18H,12-17H2,1-2H3,(H,22,23,24)/b9-6+. The van der Waals surface area contributed by atoms with Crippen molar-refractivity contribution in [2.24, 2.45) is 5.92 Å². The first-order chi connectivity index (χ1) is 12.7. The summed E-state index contributed by atoms with van der Waals surface area (Å²) in [4.78, 5) is 13.9. The normalized spacial score (nSPS) is 15.7. The molecule has 26 heavy (non-hydrogen) atoms. The molecule has 0 radical (unpaired) electrons. The van der Waals surface area contributed by atoms with Crippen molar-refractivity contribution in [3.63, 3.8) is 0 Å². The summed E-state index contributed by atoms with van der Waals surface area (Å²) in [6.45, 7) is 10.3. The summed E-state index contributed by atoms with van der Waals surface area (Å²) in [7, 11) is 0. The Morgan fingerprint density at radius 3 is 2.58 bits per heavy atom. The van der Waals surface area contributed by atoms with E-state index in [-0.39, 0.29) is 0 Å². The first kappa shape index (κ1) is 18.4. The minimum atomic E-state index is 0.598. The Hall–Kier alpha value is -2.40. The third-order valence-electron chi connectivity index (χ3n) is 4.46. The fourth-order valence-corrected chi connectivity index (χ4v) is 2.94. The third-order valence-corrected chi connectivity index (χ3v) is 4.46. The van der Waals surface area contributed by atoms with Crippen LogP contribution in [0, 0.1) is 5.92 Å². The quantitative estimate of drug-likeness (QED) is 0.828. The molecule has 0 aliphatic carbocycles. The van der Waals surface area contributed by atoms with E-state index in [0.29, 0.717) is 5.92 Å². The Morgan fingerprint density at radius 1 is 1.08 bits per heavy atom. The predicted molar refractivity (Wildman–Crippen MR) is 109 cm³/mol. The minimum absolute atomic E-state index is 0.598. The lowest BCUT2D eigenvalue weighted by Crippen LogP contribution is -2.47. The molecule has 0 unspecified atom stereocenters. The van der Waals surface area contributed by atoms with Crippen molar-refractivity contribution in [3.05, 3.63) is 54.2 Å². The van der Waals surface area contributed by atoms with E-state index in [1.807, 2.05) is 18.3 Å². The summed E-state index contributed by atoms with van der Waals surface area (Å²) < 4.78 is 0. The zero-order chi connectivity index (χ0) is 18.2. The summed E-state index contributed by atoms with van der Waals surface area (Å²) >= 11 is 0. The summed E-state index contributed by atoms with van der Waals surface area (Å²) in [6, 6.07) is 12.4. The molecule has 1 saturated heterocycles. The number of hydrogen-bond donors (Lipinski definition) is 1. The molecule has 1 aliphatic heterocycles. The van der Waals surface area contributed by atoms with Crippen molar-refractivity contribution in [1.82, 2.24) is 14.9 Å². The van der Waals surface area contributed by atoms with Gasteiger partial charge in [-0.2, -0.15) is 4.98 Å². The average Bonchev–Trinajstić information content (AvgIpc) is 2.68. The molecule has 2 aromatic rings. The fourth-order valence-electron chi connectivity index (χ4n) is 2.94. The Labute approximate surface area is 156 Å². The molecule has 3 rings (SSSR count). The maximum Gasteiger partial charge on any atom is 0.227 e. The van der Waals surface area contributed by atoms with Gasteiger partial charge >= 0.3 is 0 Å². The van der Waals surface area contributed by atoms with Gasteiger partial charge in [0.2, 0.25) is 5.95 Å². The van der Waals surface area contributed by atoms with E-state index in [1.54, 1.807) is 0 Å². The van der Waals surface area contributed by atoms with Gasteiger partial charge in [0.05, 0.1) is 0 Å². The molecule has 1 aliphatic rings. The van der Waals surface area contributed by atoms with Crippen LogP contribution in [0.4, 0.5) is 11.8 Å². The van der Waals surface area contributed by atoms with Crippen LogP contribution >= 0.6 is 0 Å². The van der Waals surface area contributed by atoms with Crippen molar-refractivity contribution >= 4 is 17.8 Å². The van der Waals surface area contributed by atoms with Gasteiger partial charge in [-0.05, 0) is 17.5 Å². The molecular weight excluding hydrogens is 322 g/mol. The SMILES string of the molecule is CC(C)CNc1ccnc(N2CCN(C/C=C/c3ccccc3)CC2)n1. The Morgan fingerprint density at radius 2 is 1.85 bits per heavy atom. The number of benzene rings is 1. The molecule has 0 saturated carbocycles. The highest BCUT2D eigenvalue weighted by atomic mass is 15.3. The highest BCUT2D eigenvalue weighted by molar-refractivity contribution is 5.48. The van der Waals surface area contributed by atoms with Crippen molar-refractivity contribution < 1.29 is 0 Å². The molecule has 0 bridgehead atoms. The summed E-state index contributed by atoms with van der Waals surface area (Å²) in [5, 5.41) is 3.38. The van der Waals surface area contributed by atoms with Gasteiger partial charge in [-0.3, -0.25) is 4.90 Å². The molecule has 5 nitrogen and oxygen atoms in total. The van der Waals surface area contributed by atoms with Gasteiger partial charge in [0, 0.05) is 45.5 Å². The Balaban J connectivity index is 1.47. The van der Waals surface area contributed by atoms with Crippen LogP contribution in [0.3, 0.4) is 0 Å². The van der Waals surface area contributed by atoms with Crippen LogP contribution in [0.15, 0.2) is 48.7 Å². The van der Waals surface area contributed by atoms with Gasteiger partial charge in [-0.15, -0.1) is 0 Å². The third kappa shape index (κ3) is 5.56. The molecule has 1 aromatic carbocycles. The fraction of sp³-hybridized carbons (Fsp3) is 0.429. The molecule has 5 heteroatoms. The molecule has 2 heterocycles. The summed E-state index contributed by atoms with van der Waals surface area (Å²) in [5.41, 5.74) is 1.25. The first-order valence-corrected chi connectivity index (χ1v) is 9.46. The van der Waals surface area contributed by atoms with E-state index in [2.05, 4.69) is 75.3 Å². The second kappa shape index (κ2) is 9.34. The van der Waals surface area contributed by atoms with Gasteiger partial charge in [0.15, 0.2) is 0 Å². The number of piperazine rings is 1. The molecule has 1 aromatic heterocycles. The average molecular weight is 351 g/mol. The lowest BCUT2D eigenvalue weighted by Gasteiger charge is -2.34. The smallest absolute Gasteiger partial charge is 0.227 e. The van der Waals surface area contributed by atoms with Crippen LogP contribution < -0.4 is 10.2 Å². The van der Waals surface area contributed by atoms with Crippen LogP contribution in [0.1, 0.15) is 19.4 Å². The molecule has 1 fully saturated rings. The Kier molecular flexibility index (Phi) is 6.61. The van der Waals surface area contributed by atoms with Crippen molar-refractivity contribution in [2.45, 2.75) is 13.8 Å². The molecule has 138 valence electrons. The zero-order valence-corrected chi connectivity index (χ0v) is 15.8. The second-order valence-corrected chi connectivity index (χ2v) is 7.12. The van der Waals surface area contributed by atoms with Crippen molar-refractivity contribution in [1.29, 1.82) is 0 Å². The van der Waals surface area contributed by atoms with Gasteiger partial charge in [-0.1, -0.05) is 56.3 Å². The maximum absolute atomic E-state index is 4.67. The van der Waals surface area contributed by atoms with Crippen molar-refractivity contribution in [3.8, 4) is 0 Å². The van der Waals surface area contributed by atoms with Crippen LogP contribution in [0.5, 0.6) is 0 Å². The molecule has 0 spiro atoms. The van der Waals surface area contributed by atoms with Gasteiger partial charge < -0.3 is 10.2 Å². The highest BCUT2D eigenvalue weighted by Gasteiger charge is 2.18. The zero-order valence-electron chi connectivity index (χ0n) is 15.8. The van der Waals surface area contributed by atoms with E-state index < -0.39 is 0 Å². The van der Waals surface area contributed by atoms with E-state index in [1.165, 1.54) is 5.56 Å². The first-order valence-electron chi connectivity index (χ1n) is 9.46. The lowest BCUT2D eigenvalue weighted by molar-refractivity contribution is 0.283. The monoisotopic (exact) mass is 351 g/mol. The number of aromatic nitrogens is 2. The van der Waals surface area contributed by atoms with Gasteiger partial charge in [0.1, 0.15) is 5.82 Å². The Bertz CT molecular complexity index is 691. The van der Waals surface area contributed by atoms with E-state index in [9.17, 15) is 0 Å². The minimum Gasteiger partial charge on any atom is -0.370 e. The van der Waals surface area contributed by atoms with E-state index in [0.717, 1.165) is 51.0 Å². The molecule has 0 atom stereocenters. The molecular formula is C21H29N5. The van der Waals surface area contributed by atoms with Crippen LogP contribution in [0.25, 0.3) is 6.08 Å². The predicted octanol–water partition coefficient (Wildman–Crippen LogP) is 3.38.